The lowest BCUT2D eigenvalue weighted by atomic mass is 10.1. The van der Waals surface area contributed by atoms with Gasteiger partial charge in [0.05, 0.1) is 0 Å². The standard InChI is InChI=1S/C17H26FN3/c1-13(2)19-12-14-11-15(18)3-6-17(14)21-9-7-20(8-10-21)16-4-5-16/h3,6,11,13,16,19H,4-5,7-10,12H2,1-2H3. The first kappa shape index (κ1) is 14.8. The van der Waals surface area contributed by atoms with Gasteiger partial charge in [0, 0.05) is 50.5 Å². The molecule has 0 amide bonds. The van der Waals surface area contributed by atoms with Gasteiger partial charge in [0.25, 0.3) is 0 Å². The number of hydrogen-bond acceptors (Lipinski definition) is 3. The summed E-state index contributed by atoms with van der Waals surface area (Å²) in [7, 11) is 0. The van der Waals surface area contributed by atoms with Crippen molar-refractivity contribution in [1.82, 2.24) is 10.2 Å². The number of nitrogens with one attached hydrogen (secondary N) is 1. The summed E-state index contributed by atoms with van der Waals surface area (Å²) in [6, 6.07) is 6.47. The highest BCUT2D eigenvalue weighted by Gasteiger charge is 2.31. The Morgan fingerprint density at radius 2 is 1.90 bits per heavy atom. The van der Waals surface area contributed by atoms with E-state index < -0.39 is 0 Å². The van der Waals surface area contributed by atoms with Crippen molar-refractivity contribution in [3.63, 3.8) is 0 Å². The minimum Gasteiger partial charge on any atom is -0.369 e. The first-order valence-electron chi connectivity index (χ1n) is 8.14. The van der Waals surface area contributed by atoms with Gasteiger partial charge in [-0.1, -0.05) is 13.8 Å². The monoisotopic (exact) mass is 291 g/mol. The van der Waals surface area contributed by atoms with E-state index in [2.05, 4.69) is 29.0 Å². The zero-order valence-electron chi connectivity index (χ0n) is 13.1. The van der Waals surface area contributed by atoms with Crippen LogP contribution in [0.5, 0.6) is 0 Å². The summed E-state index contributed by atoms with van der Waals surface area (Å²) < 4.78 is 13.6. The molecule has 3 nitrogen and oxygen atoms in total. The molecule has 0 spiro atoms. The molecule has 1 aliphatic carbocycles. The molecule has 1 aromatic carbocycles. The van der Waals surface area contributed by atoms with Gasteiger partial charge in [-0.2, -0.15) is 0 Å². The number of piperazine rings is 1. The number of anilines is 1. The van der Waals surface area contributed by atoms with Crippen LogP contribution < -0.4 is 10.2 Å². The van der Waals surface area contributed by atoms with Crippen molar-refractivity contribution in [3.05, 3.63) is 29.6 Å². The minimum absolute atomic E-state index is 0.143. The van der Waals surface area contributed by atoms with Gasteiger partial charge in [-0.15, -0.1) is 0 Å². The molecule has 0 bridgehead atoms. The minimum atomic E-state index is -0.143. The molecule has 3 rings (SSSR count). The van der Waals surface area contributed by atoms with Gasteiger partial charge in [0.1, 0.15) is 5.82 Å². The maximum atomic E-state index is 13.6. The van der Waals surface area contributed by atoms with Crippen LogP contribution in [0.15, 0.2) is 18.2 Å². The van der Waals surface area contributed by atoms with Crippen molar-refractivity contribution < 1.29 is 4.39 Å². The Balaban J connectivity index is 1.68. The van der Waals surface area contributed by atoms with Gasteiger partial charge in [-0.05, 0) is 36.6 Å². The van der Waals surface area contributed by atoms with Crippen molar-refractivity contribution >= 4 is 5.69 Å². The van der Waals surface area contributed by atoms with E-state index in [1.54, 1.807) is 12.1 Å². The fourth-order valence-electron chi connectivity index (χ4n) is 3.09. The van der Waals surface area contributed by atoms with Gasteiger partial charge >= 0.3 is 0 Å². The Kier molecular flexibility index (Phi) is 4.45. The third kappa shape index (κ3) is 3.74. The highest BCUT2D eigenvalue weighted by molar-refractivity contribution is 5.54. The molecule has 0 radical (unpaired) electrons. The molecule has 0 unspecified atom stereocenters. The molecule has 21 heavy (non-hydrogen) atoms. The zero-order valence-corrected chi connectivity index (χ0v) is 13.1. The highest BCUT2D eigenvalue weighted by atomic mass is 19.1. The van der Waals surface area contributed by atoms with Crippen molar-refractivity contribution in [2.24, 2.45) is 0 Å². The van der Waals surface area contributed by atoms with Gasteiger partial charge < -0.3 is 10.2 Å². The van der Waals surface area contributed by atoms with Crippen LogP contribution in [-0.2, 0) is 6.54 Å². The van der Waals surface area contributed by atoms with Crippen molar-refractivity contribution in [3.8, 4) is 0 Å². The van der Waals surface area contributed by atoms with Crippen LogP contribution in [0.2, 0.25) is 0 Å². The molecule has 4 heteroatoms. The molecular weight excluding hydrogens is 265 g/mol. The van der Waals surface area contributed by atoms with Crippen LogP contribution in [0.3, 0.4) is 0 Å². The summed E-state index contributed by atoms with van der Waals surface area (Å²) in [5, 5.41) is 3.40. The molecule has 0 atom stereocenters. The van der Waals surface area contributed by atoms with E-state index in [4.69, 9.17) is 0 Å². The van der Waals surface area contributed by atoms with Crippen LogP contribution in [0, 0.1) is 5.82 Å². The lowest BCUT2D eigenvalue weighted by Gasteiger charge is -2.37. The molecule has 1 saturated heterocycles. The number of rotatable bonds is 5. The number of benzene rings is 1. The van der Waals surface area contributed by atoms with Gasteiger partial charge in [0.2, 0.25) is 0 Å². The van der Waals surface area contributed by atoms with E-state index in [0.29, 0.717) is 6.04 Å². The average Bonchev–Trinajstić information content (AvgIpc) is 3.30. The van der Waals surface area contributed by atoms with Crippen molar-refractivity contribution in [2.75, 3.05) is 31.1 Å². The molecule has 2 aliphatic rings. The molecular formula is C17H26FN3. The summed E-state index contributed by atoms with van der Waals surface area (Å²) in [4.78, 5) is 5.02. The van der Waals surface area contributed by atoms with Gasteiger partial charge in [-0.3, -0.25) is 4.90 Å². The second kappa shape index (κ2) is 6.32. The Hall–Kier alpha value is -1.13. The lowest BCUT2D eigenvalue weighted by molar-refractivity contribution is 0.248. The van der Waals surface area contributed by atoms with Gasteiger partial charge in [0.15, 0.2) is 0 Å². The molecule has 116 valence electrons. The lowest BCUT2D eigenvalue weighted by Crippen LogP contribution is -2.47. The second-order valence-corrected chi connectivity index (χ2v) is 6.56. The SMILES string of the molecule is CC(C)NCc1cc(F)ccc1N1CCN(C2CC2)CC1. The quantitative estimate of drug-likeness (QED) is 0.899. The van der Waals surface area contributed by atoms with E-state index in [9.17, 15) is 4.39 Å². The van der Waals surface area contributed by atoms with E-state index in [1.165, 1.54) is 18.5 Å². The molecule has 2 fully saturated rings. The summed E-state index contributed by atoms with van der Waals surface area (Å²) in [5.74, 6) is -0.143. The predicted molar refractivity (Wildman–Crippen MR) is 85.2 cm³/mol. The largest absolute Gasteiger partial charge is 0.369 e. The Labute approximate surface area is 127 Å². The number of halogens is 1. The first-order valence-corrected chi connectivity index (χ1v) is 8.14. The normalized spacial score (nSPS) is 20.3. The molecule has 1 saturated carbocycles. The third-order valence-corrected chi connectivity index (χ3v) is 4.46. The smallest absolute Gasteiger partial charge is 0.123 e. The first-order chi connectivity index (χ1) is 10.1. The summed E-state index contributed by atoms with van der Waals surface area (Å²) in [6.07, 6.45) is 2.75. The second-order valence-electron chi connectivity index (χ2n) is 6.56. The van der Waals surface area contributed by atoms with Crippen molar-refractivity contribution in [2.45, 2.75) is 45.3 Å². The molecule has 1 N–H and O–H groups in total. The fraction of sp³-hybridized carbons (Fsp3) is 0.647. The summed E-state index contributed by atoms with van der Waals surface area (Å²) >= 11 is 0. The van der Waals surface area contributed by atoms with Crippen LogP contribution in [0.25, 0.3) is 0 Å². The van der Waals surface area contributed by atoms with Crippen LogP contribution in [-0.4, -0.2) is 43.2 Å². The summed E-state index contributed by atoms with van der Waals surface area (Å²) in [5.41, 5.74) is 2.27. The maximum Gasteiger partial charge on any atom is 0.123 e. The van der Waals surface area contributed by atoms with E-state index >= 15 is 0 Å². The van der Waals surface area contributed by atoms with Crippen LogP contribution >= 0.6 is 0 Å². The predicted octanol–water partition coefficient (Wildman–Crippen LogP) is 2.61. The van der Waals surface area contributed by atoms with Crippen molar-refractivity contribution in [1.29, 1.82) is 0 Å². The van der Waals surface area contributed by atoms with E-state index in [1.807, 2.05) is 6.07 Å². The Bertz CT molecular complexity index is 477. The summed E-state index contributed by atoms with van der Waals surface area (Å²) in [6.45, 7) is 9.35. The number of hydrogen-bond donors (Lipinski definition) is 1. The average molecular weight is 291 g/mol. The molecule has 1 aliphatic heterocycles. The molecule has 0 aromatic heterocycles. The van der Waals surface area contributed by atoms with Gasteiger partial charge in [-0.25, -0.2) is 4.39 Å². The molecule has 1 heterocycles. The topological polar surface area (TPSA) is 18.5 Å². The highest BCUT2D eigenvalue weighted by Crippen LogP contribution is 2.29. The zero-order chi connectivity index (χ0) is 14.8. The van der Waals surface area contributed by atoms with Crippen LogP contribution in [0.1, 0.15) is 32.3 Å². The maximum absolute atomic E-state index is 13.6. The Morgan fingerprint density at radius 3 is 2.52 bits per heavy atom. The Morgan fingerprint density at radius 1 is 1.19 bits per heavy atom. The van der Waals surface area contributed by atoms with E-state index in [0.717, 1.165) is 44.3 Å². The molecule has 1 aromatic rings. The number of nitrogens with zero attached hydrogens (tertiary/aromatic N) is 2. The van der Waals surface area contributed by atoms with Crippen LogP contribution in [0.4, 0.5) is 10.1 Å². The fourth-order valence-corrected chi connectivity index (χ4v) is 3.09. The van der Waals surface area contributed by atoms with E-state index in [-0.39, 0.29) is 5.82 Å². The third-order valence-electron chi connectivity index (χ3n) is 4.46.